The number of nitrogens with two attached hydrogens (primary N) is 1. The highest BCUT2D eigenvalue weighted by atomic mass is 79.9. The van der Waals surface area contributed by atoms with E-state index >= 15 is 0 Å². The molecule has 0 saturated carbocycles. The first kappa shape index (κ1) is 15.0. The fourth-order valence-electron chi connectivity index (χ4n) is 2.16. The minimum atomic E-state index is -0.796. The number of carbonyl (C=O) groups is 2. The van der Waals surface area contributed by atoms with Crippen LogP contribution in [-0.2, 0) is 9.59 Å². The average Bonchev–Trinajstić information content (AvgIpc) is 2.33. The van der Waals surface area contributed by atoms with E-state index in [2.05, 4.69) is 26.6 Å². The summed E-state index contributed by atoms with van der Waals surface area (Å²) in [6, 6.07) is 6.42. The number of nitrogens with one attached hydrogen (secondary N) is 2. The van der Waals surface area contributed by atoms with Gasteiger partial charge in [-0.25, -0.2) is 0 Å². The van der Waals surface area contributed by atoms with Crippen molar-refractivity contribution in [3.63, 3.8) is 0 Å². The molecule has 5 nitrogen and oxygen atoms in total. The molecule has 2 amide bonds. The van der Waals surface area contributed by atoms with Crippen LogP contribution in [0.1, 0.15) is 18.5 Å². The topological polar surface area (TPSA) is 84.2 Å². The van der Waals surface area contributed by atoms with Crippen molar-refractivity contribution in [3.8, 4) is 0 Å². The van der Waals surface area contributed by atoms with Crippen LogP contribution in [0.25, 0.3) is 0 Å². The molecule has 1 saturated heterocycles. The fourth-order valence-corrected chi connectivity index (χ4v) is 2.57. The van der Waals surface area contributed by atoms with E-state index < -0.39 is 11.9 Å². The molecule has 2 atom stereocenters. The molecule has 6 heteroatoms. The fraction of sp³-hybridized carbons (Fsp3) is 0.429. The van der Waals surface area contributed by atoms with Gasteiger partial charge in [-0.05, 0) is 36.7 Å². The van der Waals surface area contributed by atoms with E-state index in [9.17, 15) is 9.59 Å². The summed E-state index contributed by atoms with van der Waals surface area (Å²) < 4.78 is 0.840. The molecule has 2 rings (SSSR count). The molecule has 1 aliphatic rings. The van der Waals surface area contributed by atoms with Gasteiger partial charge in [-0.2, -0.15) is 0 Å². The van der Waals surface area contributed by atoms with Crippen LogP contribution in [-0.4, -0.2) is 24.9 Å². The van der Waals surface area contributed by atoms with Gasteiger partial charge >= 0.3 is 0 Å². The highest BCUT2D eigenvalue weighted by Crippen LogP contribution is 2.21. The Kier molecular flexibility index (Phi) is 4.77. The van der Waals surface area contributed by atoms with Crippen molar-refractivity contribution < 1.29 is 9.59 Å². The first-order chi connectivity index (χ1) is 9.49. The van der Waals surface area contributed by atoms with Crippen molar-refractivity contribution >= 4 is 27.7 Å². The highest BCUT2D eigenvalue weighted by Gasteiger charge is 2.31. The predicted molar refractivity (Wildman–Crippen MR) is 79.7 cm³/mol. The Bertz CT molecular complexity index is 517. The lowest BCUT2D eigenvalue weighted by molar-refractivity contribution is -0.131. The van der Waals surface area contributed by atoms with Crippen molar-refractivity contribution in [2.45, 2.75) is 13.0 Å². The van der Waals surface area contributed by atoms with Crippen molar-refractivity contribution in [2.75, 3.05) is 13.1 Å². The number of halogens is 1. The van der Waals surface area contributed by atoms with Crippen LogP contribution >= 0.6 is 15.9 Å². The van der Waals surface area contributed by atoms with E-state index in [1.54, 1.807) is 18.2 Å². The van der Waals surface area contributed by atoms with E-state index in [-0.39, 0.29) is 11.8 Å². The Morgan fingerprint density at radius 2 is 2.15 bits per heavy atom. The van der Waals surface area contributed by atoms with Gasteiger partial charge in [-0.1, -0.05) is 35.0 Å². The largest absolute Gasteiger partial charge is 0.368 e. The Balaban J connectivity index is 2.09. The normalized spacial score (nSPS) is 17.9. The minimum absolute atomic E-state index is 0.134. The zero-order chi connectivity index (χ0) is 14.7. The Hall–Kier alpha value is -1.40. The number of hydrogen-bond acceptors (Lipinski definition) is 3. The smallest absolute Gasteiger partial charge is 0.244 e. The quantitative estimate of drug-likeness (QED) is 0.746. The third-order valence-corrected chi connectivity index (χ3v) is 4.18. The molecule has 0 aliphatic carbocycles. The zero-order valence-electron chi connectivity index (χ0n) is 11.2. The predicted octanol–water partition coefficient (Wildman–Crippen LogP) is 0.947. The zero-order valence-corrected chi connectivity index (χ0v) is 12.8. The molecular weight excluding hydrogens is 322 g/mol. The number of primary amides is 1. The molecule has 1 fully saturated rings. The summed E-state index contributed by atoms with van der Waals surface area (Å²) in [5.41, 5.74) is 6.09. The molecule has 1 aromatic rings. The third-order valence-electron chi connectivity index (χ3n) is 3.69. The number of carbonyl (C=O) groups excluding carboxylic acids is 2. The minimum Gasteiger partial charge on any atom is -0.368 e. The number of hydrogen-bond donors (Lipinski definition) is 3. The third kappa shape index (κ3) is 3.37. The van der Waals surface area contributed by atoms with Crippen LogP contribution in [0.15, 0.2) is 28.7 Å². The van der Waals surface area contributed by atoms with Crippen LogP contribution in [0.3, 0.4) is 0 Å². The summed E-state index contributed by atoms with van der Waals surface area (Å²) >= 11 is 3.35. The lowest BCUT2D eigenvalue weighted by atomic mass is 9.88. The summed E-state index contributed by atoms with van der Waals surface area (Å²) in [6.07, 6.45) is 0. The van der Waals surface area contributed by atoms with Crippen molar-refractivity contribution in [1.82, 2.24) is 10.6 Å². The molecule has 2 unspecified atom stereocenters. The molecular formula is C14H18BrN3O2. The molecule has 1 aliphatic heterocycles. The maximum atomic E-state index is 12.2. The van der Waals surface area contributed by atoms with Gasteiger partial charge in [0.2, 0.25) is 11.8 Å². The van der Waals surface area contributed by atoms with E-state index in [0.29, 0.717) is 11.5 Å². The average molecular weight is 340 g/mol. The maximum Gasteiger partial charge on any atom is 0.244 e. The SMILES string of the molecule is CC(C(=O)NC(C(N)=O)c1cccc(Br)c1)C1CNC1. The number of benzene rings is 1. The lowest BCUT2D eigenvalue weighted by Crippen LogP contribution is -2.50. The maximum absolute atomic E-state index is 12.2. The second-order valence-corrected chi connectivity index (χ2v) is 6.02. The molecule has 4 N–H and O–H groups in total. The van der Waals surface area contributed by atoms with Gasteiger partial charge < -0.3 is 16.4 Å². The standard InChI is InChI=1S/C14H18BrN3O2/c1-8(10-6-17-7-10)14(20)18-12(13(16)19)9-3-2-4-11(15)5-9/h2-5,8,10,12,17H,6-7H2,1H3,(H2,16,19)(H,18,20). The second kappa shape index (κ2) is 6.37. The molecule has 0 aromatic heterocycles. The van der Waals surface area contributed by atoms with Crippen molar-refractivity contribution in [1.29, 1.82) is 0 Å². The van der Waals surface area contributed by atoms with Gasteiger partial charge in [0.15, 0.2) is 0 Å². The summed E-state index contributed by atoms with van der Waals surface area (Å²) in [5, 5.41) is 5.88. The molecule has 0 radical (unpaired) electrons. The first-order valence-electron chi connectivity index (χ1n) is 6.55. The summed E-state index contributed by atoms with van der Waals surface area (Å²) in [5.74, 6) is -0.507. The lowest BCUT2D eigenvalue weighted by Gasteiger charge is -2.32. The van der Waals surface area contributed by atoms with Crippen molar-refractivity contribution in [2.24, 2.45) is 17.6 Å². The molecule has 1 aromatic carbocycles. The Labute approximate surface area is 126 Å². The summed E-state index contributed by atoms with van der Waals surface area (Å²) in [6.45, 7) is 3.55. The van der Waals surface area contributed by atoms with Crippen LogP contribution in [0, 0.1) is 11.8 Å². The molecule has 1 heterocycles. The van der Waals surface area contributed by atoms with Gasteiger partial charge in [-0.15, -0.1) is 0 Å². The Morgan fingerprint density at radius 1 is 1.45 bits per heavy atom. The van der Waals surface area contributed by atoms with Gasteiger partial charge in [0.25, 0.3) is 0 Å². The Morgan fingerprint density at radius 3 is 2.65 bits per heavy atom. The highest BCUT2D eigenvalue weighted by molar-refractivity contribution is 9.10. The van der Waals surface area contributed by atoms with Gasteiger partial charge in [0.05, 0.1) is 0 Å². The van der Waals surface area contributed by atoms with E-state index in [1.807, 2.05) is 13.0 Å². The van der Waals surface area contributed by atoms with E-state index in [0.717, 1.165) is 17.6 Å². The van der Waals surface area contributed by atoms with Gasteiger partial charge in [-0.3, -0.25) is 9.59 Å². The first-order valence-corrected chi connectivity index (χ1v) is 7.34. The number of rotatable bonds is 5. The monoisotopic (exact) mass is 339 g/mol. The van der Waals surface area contributed by atoms with Crippen molar-refractivity contribution in [3.05, 3.63) is 34.3 Å². The molecule has 0 spiro atoms. The number of amides is 2. The second-order valence-electron chi connectivity index (χ2n) is 5.11. The summed E-state index contributed by atoms with van der Waals surface area (Å²) in [7, 11) is 0. The van der Waals surface area contributed by atoms with Crippen LogP contribution in [0.5, 0.6) is 0 Å². The van der Waals surface area contributed by atoms with E-state index in [1.165, 1.54) is 0 Å². The molecule has 20 heavy (non-hydrogen) atoms. The van der Waals surface area contributed by atoms with Crippen LogP contribution in [0.2, 0.25) is 0 Å². The van der Waals surface area contributed by atoms with E-state index in [4.69, 9.17) is 5.73 Å². The van der Waals surface area contributed by atoms with Gasteiger partial charge in [0.1, 0.15) is 6.04 Å². The van der Waals surface area contributed by atoms with Crippen LogP contribution < -0.4 is 16.4 Å². The van der Waals surface area contributed by atoms with Crippen LogP contribution in [0.4, 0.5) is 0 Å². The molecule has 0 bridgehead atoms. The summed E-state index contributed by atoms with van der Waals surface area (Å²) in [4.78, 5) is 23.8. The van der Waals surface area contributed by atoms with Gasteiger partial charge in [0, 0.05) is 10.4 Å². The molecule has 108 valence electrons.